The summed E-state index contributed by atoms with van der Waals surface area (Å²) in [6, 6.07) is 6.06. The fourth-order valence-corrected chi connectivity index (χ4v) is 2.42. The molecule has 1 saturated carbocycles. The van der Waals surface area contributed by atoms with Crippen LogP contribution >= 0.6 is 12.2 Å². The summed E-state index contributed by atoms with van der Waals surface area (Å²) in [4.78, 5) is 0. The number of hydrogen-bond acceptors (Lipinski definition) is 3. The number of ether oxygens (including phenoxy) is 1. The van der Waals surface area contributed by atoms with Gasteiger partial charge in [-0.05, 0) is 55.7 Å². The Bertz CT molecular complexity index is 640. The molecule has 0 aliphatic heterocycles. The molecule has 94 valence electrons. The number of nitrogens with one attached hydrogen (secondary N) is 1. The van der Waals surface area contributed by atoms with Gasteiger partial charge in [-0.3, -0.25) is 9.67 Å². The quantitative estimate of drug-likeness (QED) is 0.863. The van der Waals surface area contributed by atoms with Crippen molar-refractivity contribution in [2.24, 2.45) is 0 Å². The lowest BCUT2D eigenvalue weighted by Gasteiger charge is -2.09. The van der Waals surface area contributed by atoms with Gasteiger partial charge in [0, 0.05) is 5.92 Å². The number of hydrogen-bond donors (Lipinski definition) is 1. The molecule has 1 aliphatic carbocycles. The van der Waals surface area contributed by atoms with E-state index in [9.17, 15) is 0 Å². The van der Waals surface area contributed by atoms with Crippen LogP contribution in [0.25, 0.3) is 5.69 Å². The maximum Gasteiger partial charge on any atom is 0.199 e. The lowest BCUT2D eigenvalue weighted by Crippen LogP contribution is -2.01. The van der Waals surface area contributed by atoms with E-state index in [2.05, 4.69) is 16.3 Å². The second-order valence-electron chi connectivity index (χ2n) is 4.65. The van der Waals surface area contributed by atoms with Crippen molar-refractivity contribution < 1.29 is 4.74 Å². The number of aromatic nitrogens is 3. The normalized spacial score (nSPS) is 14.8. The fourth-order valence-electron chi connectivity index (χ4n) is 2.18. The molecule has 1 heterocycles. The summed E-state index contributed by atoms with van der Waals surface area (Å²) in [5, 5.41) is 7.23. The van der Waals surface area contributed by atoms with Crippen LogP contribution in [0.4, 0.5) is 0 Å². The SMILES string of the molecule is COc1ccc(-n2c(C3CC3)n[nH]c2=S)cc1C. The summed E-state index contributed by atoms with van der Waals surface area (Å²) in [7, 11) is 1.68. The number of aryl methyl sites for hydroxylation is 1. The van der Waals surface area contributed by atoms with Crippen LogP contribution < -0.4 is 4.74 Å². The lowest BCUT2D eigenvalue weighted by molar-refractivity contribution is 0.411. The number of rotatable bonds is 3. The predicted molar refractivity (Wildman–Crippen MR) is 72.0 cm³/mol. The zero-order chi connectivity index (χ0) is 12.7. The highest BCUT2D eigenvalue weighted by Crippen LogP contribution is 2.39. The Kier molecular flexibility index (Phi) is 2.70. The maximum absolute atomic E-state index is 5.32. The maximum atomic E-state index is 5.32. The largest absolute Gasteiger partial charge is 0.496 e. The number of H-pyrrole nitrogens is 1. The van der Waals surface area contributed by atoms with E-state index in [1.807, 2.05) is 23.6 Å². The molecular weight excluding hydrogens is 246 g/mol. The highest BCUT2D eigenvalue weighted by molar-refractivity contribution is 7.71. The first-order valence-corrected chi connectivity index (χ1v) is 6.44. The molecule has 1 N–H and O–H groups in total. The van der Waals surface area contributed by atoms with Crippen molar-refractivity contribution >= 4 is 12.2 Å². The molecule has 18 heavy (non-hydrogen) atoms. The summed E-state index contributed by atoms with van der Waals surface area (Å²) < 4.78 is 7.96. The second-order valence-corrected chi connectivity index (χ2v) is 5.04. The molecule has 1 fully saturated rings. The van der Waals surface area contributed by atoms with Crippen LogP contribution in [0.5, 0.6) is 5.75 Å². The van der Waals surface area contributed by atoms with Gasteiger partial charge >= 0.3 is 0 Å². The molecule has 5 heteroatoms. The first kappa shape index (κ1) is 11.5. The zero-order valence-electron chi connectivity index (χ0n) is 10.4. The van der Waals surface area contributed by atoms with Gasteiger partial charge in [-0.2, -0.15) is 5.10 Å². The number of benzene rings is 1. The molecule has 0 bridgehead atoms. The van der Waals surface area contributed by atoms with Crippen LogP contribution in [0.15, 0.2) is 18.2 Å². The van der Waals surface area contributed by atoms with Gasteiger partial charge in [-0.15, -0.1) is 0 Å². The van der Waals surface area contributed by atoms with E-state index in [0.717, 1.165) is 22.8 Å². The van der Waals surface area contributed by atoms with Crippen molar-refractivity contribution in [3.8, 4) is 11.4 Å². The fraction of sp³-hybridized carbons (Fsp3) is 0.385. The standard InChI is InChI=1S/C13H15N3OS/c1-8-7-10(5-6-11(8)17-2)16-12(9-3-4-9)14-15-13(16)18/h5-7,9H,3-4H2,1-2H3,(H,15,18). The van der Waals surface area contributed by atoms with Crippen LogP contribution in [0.2, 0.25) is 0 Å². The van der Waals surface area contributed by atoms with Gasteiger partial charge in [-0.1, -0.05) is 0 Å². The van der Waals surface area contributed by atoms with Crippen molar-refractivity contribution in [2.75, 3.05) is 7.11 Å². The van der Waals surface area contributed by atoms with E-state index < -0.39 is 0 Å². The van der Waals surface area contributed by atoms with Crippen LogP contribution in [0.3, 0.4) is 0 Å². The second kappa shape index (κ2) is 4.24. The van der Waals surface area contributed by atoms with Crippen molar-refractivity contribution in [1.29, 1.82) is 0 Å². The van der Waals surface area contributed by atoms with Gasteiger partial charge in [0.25, 0.3) is 0 Å². The minimum Gasteiger partial charge on any atom is -0.496 e. The Morgan fingerprint density at radius 3 is 2.83 bits per heavy atom. The van der Waals surface area contributed by atoms with Crippen LogP contribution in [-0.4, -0.2) is 21.9 Å². The number of aromatic amines is 1. The molecule has 1 aromatic carbocycles. The predicted octanol–water partition coefficient (Wildman–Crippen LogP) is 3.12. The van der Waals surface area contributed by atoms with E-state index in [-0.39, 0.29) is 0 Å². The molecule has 2 aromatic rings. The summed E-state index contributed by atoms with van der Waals surface area (Å²) in [5.74, 6) is 2.49. The van der Waals surface area contributed by atoms with Crippen LogP contribution in [0.1, 0.15) is 30.1 Å². The van der Waals surface area contributed by atoms with Gasteiger partial charge in [0.15, 0.2) is 4.77 Å². The Morgan fingerprint density at radius 2 is 2.22 bits per heavy atom. The molecule has 1 aliphatic rings. The Labute approximate surface area is 111 Å². The highest BCUT2D eigenvalue weighted by atomic mass is 32.1. The van der Waals surface area contributed by atoms with Crippen molar-refractivity contribution in [3.63, 3.8) is 0 Å². The monoisotopic (exact) mass is 261 g/mol. The third-order valence-corrected chi connectivity index (χ3v) is 3.55. The van der Waals surface area contributed by atoms with Crippen molar-refractivity contribution in [2.45, 2.75) is 25.7 Å². The average molecular weight is 261 g/mol. The molecule has 0 saturated heterocycles. The van der Waals surface area contributed by atoms with Gasteiger partial charge in [0.05, 0.1) is 12.8 Å². The minimum absolute atomic E-state index is 0.556. The first-order valence-electron chi connectivity index (χ1n) is 6.03. The third kappa shape index (κ3) is 1.84. The number of methoxy groups -OCH3 is 1. The molecule has 0 unspecified atom stereocenters. The molecule has 0 spiro atoms. The summed E-state index contributed by atoms with van der Waals surface area (Å²) in [5.41, 5.74) is 2.15. The smallest absolute Gasteiger partial charge is 0.199 e. The number of nitrogens with zero attached hydrogens (tertiary/aromatic N) is 2. The molecule has 1 aromatic heterocycles. The van der Waals surface area contributed by atoms with Crippen LogP contribution in [0, 0.1) is 11.7 Å². The van der Waals surface area contributed by atoms with Gasteiger partial charge in [0.2, 0.25) is 0 Å². The van der Waals surface area contributed by atoms with E-state index in [0.29, 0.717) is 10.7 Å². The lowest BCUT2D eigenvalue weighted by atomic mass is 10.2. The van der Waals surface area contributed by atoms with Gasteiger partial charge in [0.1, 0.15) is 11.6 Å². The zero-order valence-corrected chi connectivity index (χ0v) is 11.3. The molecular formula is C13H15N3OS. The van der Waals surface area contributed by atoms with Crippen molar-refractivity contribution in [3.05, 3.63) is 34.4 Å². The van der Waals surface area contributed by atoms with Crippen molar-refractivity contribution in [1.82, 2.24) is 14.8 Å². The average Bonchev–Trinajstić information content (AvgIpc) is 3.13. The van der Waals surface area contributed by atoms with Gasteiger partial charge < -0.3 is 4.74 Å². The minimum atomic E-state index is 0.556. The Balaban J connectivity index is 2.12. The topological polar surface area (TPSA) is 42.8 Å². The molecule has 3 rings (SSSR count). The molecule has 0 atom stereocenters. The summed E-state index contributed by atoms with van der Waals surface area (Å²) in [6.45, 7) is 2.03. The van der Waals surface area contributed by atoms with E-state index in [4.69, 9.17) is 17.0 Å². The van der Waals surface area contributed by atoms with E-state index in [1.54, 1.807) is 7.11 Å². The van der Waals surface area contributed by atoms with Gasteiger partial charge in [-0.25, -0.2) is 0 Å². The first-order chi connectivity index (χ1) is 8.70. The molecule has 4 nitrogen and oxygen atoms in total. The Morgan fingerprint density at radius 1 is 1.44 bits per heavy atom. The Hall–Kier alpha value is -1.62. The summed E-state index contributed by atoms with van der Waals surface area (Å²) >= 11 is 5.32. The summed E-state index contributed by atoms with van der Waals surface area (Å²) in [6.07, 6.45) is 2.41. The van der Waals surface area contributed by atoms with E-state index >= 15 is 0 Å². The molecule has 0 amide bonds. The third-order valence-electron chi connectivity index (χ3n) is 3.28. The highest BCUT2D eigenvalue weighted by Gasteiger charge is 2.29. The van der Waals surface area contributed by atoms with E-state index in [1.165, 1.54) is 12.8 Å². The molecule has 0 radical (unpaired) electrons. The van der Waals surface area contributed by atoms with Crippen LogP contribution in [-0.2, 0) is 0 Å².